The van der Waals surface area contributed by atoms with E-state index in [9.17, 15) is 39.0 Å². The lowest BCUT2D eigenvalue weighted by atomic mass is 10.1. The quantitative estimate of drug-likeness (QED) is 0.207. The number of halogens is 1. The topological polar surface area (TPSA) is 171 Å². The van der Waals surface area contributed by atoms with Gasteiger partial charge in [0.1, 0.15) is 12.4 Å². The summed E-state index contributed by atoms with van der Waals surface area (Å²) in [5.74, 6) is -2.26. The Balaban J connectivity index is 1.61. The lowest BCUT2D eigenvalue weighted by Crippen LogP contribution is -2.36. The number of nitro benzene ring substituents is 2. The summed E-state index contributed by atoms with van der Waals surface area (Å²) in [4.78, 5) is 59.5. The van der Waals surface area contributed by atoms with Gasteiger partial charge in [0.15, 0.2) is 11.5 Å². The molecule has 0 aromatic heterocycles. The molecule has 0 spiro atoms. The third-order valence-electron chi connectivity index (χ3n) is 5.38. The van der Waals surface area contributed by atoms with E-state index in [-0.39, 0.29) is 33.4 Å². The van der Waals surface area contributed by atoms with Gasteiger partial charge in [-0.25, -0.2) is 4.39 Å². The van der Waals surface area contributed by atoms with Crippen LogP contribution in [0.15, 0.2) is 65.6 Å². The fraction of sp³-hybridized carbons (Fsp3) is 0.0800. The van der Waals surface area contributed by atoms with E-state index >= 15 is 0 Å². The molecule has 4 rings (SSSR count). The molecule has 1 heterocycles. The molecule has 13 nitrogen and oxygen atoms in total. The maximum Gasteiger partial charge on any atom is 0.318 e. The second-order valence-electron chi connectivity index (χ2n) is 7.97. The van der Waals surface area contributed by atoms with Crippen molar-refractivity contribution in [1.29, 1.82) is 0 Å². The number of benzene rings is 3. The van der Waals surface area contributed by atoms with Crippen LogP contribution < -0.4 is 14.8 Å². The highest BCUT2D eigenvalue weighted by molar-refractivity contribution is 8.18. The second-order valence-corrected chi connectivity index (χ2v) is 8.96. The van der Waals surface area contributed by atoms with Gasteiger partial charge in [0.2, 0.25) is 11.7 Å². The first kappa shape index (κ1) is 27.7. The molecule has 3 aromatic carbocycles. The largest absolute Gasteiger partial charge is 0.493 e. The van der Waals surface area contributed by atoms with Crippen LogP contribution in [0.25, 0.3) is 6.08 Å². The third-order valence-corrected chi connectivity index (χ3v) is 6.29. The van der Waals surface area contributed by atoms with Crippen molar-refractivity contribution in [3.05, 3.63) is 97.2 Å². The summed E-state index contributed by atoms with van der Waals surface area (Å²) < 4.78 is 24.1. The third kappa shape index (κ3) is 6.05. The van der Waals surface area contributed by atoms with Crippen LogP contribution in [-0.4, -0.2) is 45.5 Å². The van der Waals surface area contributed by atoms with E-state index < -0.39 is 50.6 Å². The zero-order chi connectivity index (χ0) is 29.0. The van der Waals surface area contributed by atoms with Gasteiger partial charge in [0.25, 0.3) is 16.8 Å². The Morgan fingerprint density at radius 1 is 1.05 bits per heavy atom. The van der Waals surface area contributed by atoms with E-state index in [4.69, 9.17) is 9.47 Å². The molecule has 0 saturated carbocycles. The number of nitrogens with one attached hydrogen (secondary N) is 1. The maximum absolute atomic E-state index is 13.1. The number of carbonyl (C=O) groups excluding carboxylic acids is 3. The lowest BCUT2D eigenvalue weighted by molar-refractivity contribution is -0.394. The molecule has 0 aliphatic carbocycles. The first-order valence-electron chi connectivity index (χ1n) is 11.2. The summed E-state index contributed by atoms with van der Waals surface area (Å²) in [6, 6.07) is 12.3. The van der Waals surface area contributed by atoms with Gasteiger partial charge in [-0.05, 0) is 54.2 Å². The Morgan fingerprint density at radius 2 is 1.77 bits per heavy atom. The molecule has 1 N–H and O–H groups in total. The SMILES string of the molecule is COc1cccc(/C=C2/SC(=O)N(CC(=O)Nc3ccc(F)cc3)C2=O)c1Oc1ccc([N+](=O)[O-])cc1[N+](=O)[O-]. The first-order valence-corrected chi connectivity index (χ1v) is 12.0. The first-order chi connectivity index (χ1) is 19.1. The predicted molar refractivity (Wildman–Crippen MR) is 141 cm³/mol. The molecule has 1 aliphatic heterocycles. The summed E-state index contributed by atoms with van der Waals surface area (Å²) >= 11 is 0.558. The van der Waals surface area contributed by atoms with Crippen molar-refractivity contribution in [3.63, 3.8) is 0 Å². The maximum atomic E-state index is 13.1. The summed E-state index contributed by atoms with van der Waals surface area (Å²) in [5.41, 5.74) is -0.740. The molecule has 3 aromatic rings. The zero-order valence-electron chi connectivity index (χ0n) is 20.4. The molecule has 0 atom stereocenters. The van der Waals surface area contributed by atoms with Crippen LogP contribution >= 0.6 is 11.8 Å². The van der Waals surface area contributed by atoms with Crippen molar-refractivity contribution in [3.8, 4) is 17.2 Å². The Bertz CT molecular complexity index is 1580. The Labute approximate surface area is 228 Å². The molecule has 1 saturated heterocycles. The summed E-state index contributed by atoms with van der Waals surface area (Å²) in [6.45, 7) is -0.601. The number of rotatable bonds is 9. The average molecular weight is 568 g/mol. The standard InChI is InChI=1S/C25H17FN4O9S/c1-38-20-4-2-3-14(23(20)39-19-10-9-17(29(34)35)12-18(19)30(36)37)11-21-24(32)28(25(33)40-21)13-22(31)27-16-7-5-15(26)6-8-16/h2-12H,13H2,1H3,(H,27,31)/b21-11+. The van der Waals surface area contributed by atoms with Crippen LogP contribution in [0.5, 0.6) is 17.2 Å². The van der Waals surface area contributed by atoms with Crippen molar-refractivity contribution < 1.29 is 38.1 Å². The van der Waals surface area contributed by atoms with Crippen molar-refractivity contribution in [2.45, 2.75) is 0 Å². The molecule has 0 radical (unpaired) electrons. The van der Waals surface area contributed by atoms with Gasteiger partial charge >= 0.3 is 5.69 Å². The van der Waals surface area contributed by atoms with E-state index in [0.29, 0.717) is 11.8 Å². The molecular weight excluding hydrogens is 551 g/mol. The van der Waals surface area contributed by atoms with Crippen LogP contribution in [0.3, 0.4) is 0 Å². The Hall–Kier alpha value is -5.31. The number of carbonyl (C=O) groups is 3. The molecule has 0 bridgehead atoms. The number of thioether (sulfide) groups is 1. The van der Waals surface area contributed by atoms with Gasteiger partial charge in [-0.1, -0.05) is 12.1 Å². The smallest absolute Gasteiger partial charge is 0.318 e. The van der Waals surface area contributed by atoms with E-state index in [1.807, 2.05) is 0 Å². The van der Waals surface area contributed by atoms with Crippen LogP contribution in [0.1, 0.15) is 5.56 Å². The number of methoxy groups -OCH3 is 1. The minimum atomic E-state index is -0.847. The number of anilines is 1. The predicted octanol–water partition coefficient (Wildman–Crippen LogP) is 5.12. The molecule has 1 aliphatic rings. The lowest BCUT2D eigenvalue weighted by Gasteiger charge is -2.14. The number of hydrogen-bond donors (Lipinski definition) is 1. The van der Waals surface area contributed by atoms with Gasteiger partial charge < -0.3 is 14.8 Å². The number of amides is 3. The van der Waals surface area contributed by atoms with Gasteiger partial charge in [0, 0.05) is 17.3 Å². The van der Waals surface area contributed by atoms with Gasteiger partial charge in [-0.15, -0.1) is 0 Å². The molecule has 204 valence electrons. The average Bonchev–Trinajstić information content (AvgIpc) is 3.18. The van der Waals surface area contributed by atoms with Crippen LogP contribution in [0, 0.1) is 26.0 Å². The van der Waals surface area contributed by atoms with Crippen LogP contribution in [0.4, 0.5) is 26.2 Å². The Morgan fingerprint density at radius 3 is 2.42 bits per heavy atom. The minimum absolute atomic E-state index is 0.0668. The van der Waals surface area contributed by atoms with E-state index in [0.717, 1.165) is 35.2 Å². The monoisotopic (exact) mass is 568 g/mol. The van der Waals surface area contributed by atoms with E-state index in [2.05, 4.69) is 5.32 Å². The van der Waals surface area contributed by atoms with Gasteiger partial charge in [-0.2, -0.15) is 0 Å². The van der Waals surface area contributed by atoms with Crippen LogP contribution in [0.2, 0.25) is 0 Å². The number of nitro groups is 2. The second kappa shape index (κ2) is 11.6. The summed E-state index contributed by atoms with van der Waals surface area (Å²) in [7, 11) is 1.31. The molecule has 15 heteroatoms. The number of nitrogens with zero attached hydrogens (tertiary/aromatic N) is 3. The highest BCUT2D eigenvalue weighted by Crippen LogP contribution is 2.42. The zero-order valence-corrected chi connectivity index (χ0v) is 21.2. The van der Waals surface area contributed by atoms with Gasteiger partial charge in [0.05, 0.1) is 27.9 Å². The number of imide groups is 1. The fourth-order valence-corrected chi connectivity index (χ4v) is 4.36. The number of para-hydroxylation sites is 1. The normalized spacial score (nSPS) is 13.8. The molecule has 0 unspecified atom stereocenters. The highest BCUT2D eigenvalue weighted by atomic mass is 32.2. The summed E-state index contributed by atoms with van der Waals surface area (Å²) in [6.07, 6.45) is 1.29. The highest BCUT2D eigenvalue weighted by Gasteiger charge is 2.36. The Kier molecular flexibility index (Phi) is 8.04. The van der Waals surface area contributed by atoms with Gasteiger partial charge in [-0.3, -0.25) is 39.5 Å². The van der Waals surface area contributed by atoms with Crippen molar-refractivity contribution in [2.75, 3.05) is 19.0 Å². The number of non-ortho nitro benzene ring substituents is 1. The molecule has 40 heavy (non-hydrogen) atoms. The van der Waals surface area contributed by atoms with Crippen LogP contribution in [-0.2, 0) is 9.59 Å². The summed E-state index contributed by atoms with van der Waals surface area (Å²) in [5, 5.41) is 24.4. The number of hydrogen-bond acceptors (Lipinski definition) is 10. The van der Waals surface area contributed by atoms with Crippen molar-refractivity contribution in [2.24, 2.45) is 0 Å². The van der Waals surface area contributed by atoms with Crippen molar-refractivity contribution >= 4 is 52.0 Å². The van der Waals surface area contributed by atoms with E-state index in [1.165, 1.54) is 37.5 Å². The molecule has 3 amide bonds. The molecule has 1 fully saturated rings. The molecular formula is C25H17FN4O9S. The fourth-order valence-electron chi connectivity index (χ4n) is 3.53. The van der Waals surface area contributed by atoms with E-state index in [1.54, 1.807) is 6.07 Å². The van der Waals surface area contributed by atoms with Crippen molar-refractivity contribution in [1.82, 2.24) is 4.90 Å². The minimum Gasteiger partial charge on any atom is -0.493 e. The number of ether oxygens (including phenoxy) is 2.